The number of para-hydroxylation sites is 1. The van der Waals surface area contributed by atoms with E-state index in [0.717, 1.165) is 11.3 Å². The molecule has 0 atom stereocenters. The first-order chi connectivity index (χ1) is 15.0. The monoisotopic (exact) mass is 489 g/mol. The normalized spacial score (nSPS) is 11.1. The minimum atomic E-state index is -0.238. The van der Waals surface area contributed by atoms with Gasteiger partial charge >= 0.3 is 0 Å². The lowest BCUT2D eigenvalue weighted by atomic mass is 10.3. The fraction of sp³-hybridized carbons (Fsp3) is 0.136. The standard InChI is InChI=1S/C22H17Cl2N3O2S2/c1-2-15-11-16-20(31-15)26-22(27(21(16)29)14-6-4-3-5-7-14)30-12-19(28)25-13-8-9-17(23)18(24)10-13/h3-11H,2,12H2,1H3,(H,25,28). The molecule has 4 rings (SSSR count). The Morgan fingerprint density at radius 3 is 2.61 bits per heavy atom. The van der Waals surface area contributed by atoms with Gasteiger partial charge < -0.3 is 5.32 Å². The molecule has 2 aromatic heterocycles. The van der Waals surface area contributed by atoms with Gasteiger partial charge in [0.2, 0.25) is 5.91 Å². The Labute approximate surface area is 197 Å². The van der Waals surface area contributed by atoms with Crippen molar-refractivity contribution in [3.05, 3.63) is 79.9 Å². The van der Waals surface area contributed by atoms with Crippen molar-refractivity contribution < 1.29 is 4.79 Å². The van der Waals surface area contributed by atoms with Crippen LogP contribution in [-0.2, 0) is 11.2 Å². The van der Waals surface area contributed by atoms with Gasteiger partial charge in [-0.3, -0.25) is 14.2 Å². The van der Waals surface area contributed by atoms with E-state index in [1.54, 1.807) is 22.8 Å². The lowest BCUT2D eigenvalue weighted by Gasteiger charge is -2.12. The van der Waals surface area contributed by atoms with E-state index in [1.165, 1.54) is 23.1 Å². The number of carbonyl (C=O) groups is 1. The van der Waals surface area contributed by atoms with Gasteiger partial charge in [0.05, 0.1) is 26.9 Å². The van der Waals surface area contributed by atoms with Crippen LogP contribution in [0.25, 0.3) is 15.9 Å². The highest BCUT2D eigenvalue weighted by Gasteiger charge is 2.17. The van der Waals surface area contributed by atoms with Crippen molar-refractivity contribution in [3.63, 3.8) is 0 Å². The summed E-state index contributed by atoms with van der Waals surface area (Å²) in [5.41, 5.74) is 1.12. The molecule has 0 aliphatic carbocycles. The molecular weight excluding hydrogens is 473 g/mol. The summed E-state index contributed by atoms with van der Waals surface area (Å²) >= 11 is 14.6. The number of nitrogens with zero attached hydrogens (tertiary/aromatic N) is 2. The predicted molar refractivity (Wildman–Crippen MR) is 130 cm³/mol. The van der Waals surface area contributed by atoms with E-state index in [2.05, 4.69) is 5.32 Å². The van der Waals surface area contributed by atoms with Crippen LogP contribution in [0, 0.1) is 0 Å². The van der Waals surface area contributed by atoms with Crippen molar-refractivity contribution in [1.29, 1.82) is 0 Å². The van der Waals surface area contributed by atoms with Crippen LogP contribution in [0.1, 0.15) is 11.8 Å². The van der Waals surface area contributed by atoms with Gasteiger partial charge in [-0.15, -0.1) is 11.3 Å². The quantitative estimate of drug-likeness (QED) is 0.264. The fourth-order valence-corrected chi connectivity index (χ4v) is 5.11. The summed E-state index contributed by atoms with van der Waals surface area (Å²) < 4.78 is 1.56. The summed E-state index contributed by atoms with van der Waals surface area (Å²) in [6.07, 6.45) is 0.834. The molecule has 0 fully saturated rings. The van der Waals surface area contributed by atoms with Crippen LogP contribution in [-0.4, -0.2) is 21.2 Å². The second-order valence-corrected chi connectivity index (χ2v) is 9.49. The number of nitrogens with one attached hydrogen (secondary N) is 1. The molecule has 1 amide bonds. The Hall–Kier alpha value is -2.32. The minimum absolute atomic E-state index is 0.0804. The number of carbonyl (C=O) groups excluding carboxylic acids is 1. The number of aromatic nitrogens is 2. The van der Waals surface area contributed by atoms with Gasteiger partial charge in [-0.2, -0.15) is 0 Å². The van der Waals surface area contributed by atoms with Crippen molar-refractivity contribution >= 4 is 68.1 Å². The number of hydrogen-bond donors (Lipinski definition) is 1. The average Bonchev–Trinajstić information content (AvgIpc) is 3.19. The number of anilines is 1. The maximum absolute atomic E-state index is 13.3. The van der Waals surface area contributed by atoms with Crippen LogP contribution in [0.15, 0.2) is 64.5 Å². The van der Waals surface area contributed by atoms with E-state index < -0.39 is 0 Å². The van der Waals surface area contributed by atoms with E-state index in [-0.39, 0.29) is 17.2 Å². The summed E-state index contributed by atoms with van der Waals surface area (Å²) in [7, 11) is 0. The highest BCUT2D eigenvalue weighted by atomic mass is 35.5. The SMILES string of the molecule is CCc1cc2c(=O)n(-c3ccccc3)c(SCC(=O)Nc3ccc(Cl)c(Cl)c3)nc2s1. The van der Waals surface area contributed by atoms with Crippen LogP contribution >= 0.6 is 46.3 Å². The third kappa shape index (κ3) is 4.80. The molecule has 0 saturated carbocycles. The van der Waals surface area contributed by atoms with E-state index in [0.29, 0.717) is 36.8 Å². The number of aryl methyl sites for hydroxylation is 1. The van der Waals surface area contributed by atoms with E-state index in [9.17, 15) is 9.59 Å². The Bertz CT molecular complexity index is 1320. The summed E-state index contributed by atoms with van der Waals surface area (Å²) in [4.78, 5) is 32.3. The van der Waals surface area contributed by atoms with E-state index >= 15 is 0 Å². The maximum Gasteiger partial charge on any atom is 0.267 e. The molecule has 0 unspecified atom stereocenters. The van der Waals surface area contributed by atoms with Crippen LogP contribution in [0.3, 0.4) is 0 Å². The lowest BCUT2D eigenvalue weighted by Crippen LogP contribution is -2.22. The molecule has 2 heterocycles. The molecule has 9 heteroatoms. The Morgan fingerprint density at radius 1 is 1.13 bits per heavy atom. The molecule has 1 N–H and O–H groups in total. The zero-order valence-electron chi connectivity index (χ0n) is 16.4. The Balaban J connectivity index is 1.65. The summed E-state index contributed by atoms with van der Waals surface area (Å²) in [6, 6.07) is 16.1. The topological polar surface area (TPSA) is 64.0 Å². The van der Waals surface area contributed by atoms with Gasteiger partial charge in [-0.25, -0.2) is 4.98 Å². The third-order valence-corrected chi connectivity index (χ3v) is 7.33. The zero-order chi connectivity index (χ0) is 22.0. The summed E-state index contributed by atoms with van der Waals surface area (Å²) in [6.45, 7) is 2.05. The molecule has 0 radical (unpaired) electrons. The molecule has 4 aromatic rings. The second kappa shape index (κ2) is 9.44. The highest BCUT2D eigenvalue weighted by Crippen LogP contribution is 2.28. The molecule has 0 saturated heterocycles. The molecule has 158 valence electrons. The maximum atomic E-state index is 13.3. The molecule has 0 bridgehead atoms. The largest absolute Gasteiger partial charge is 0.325 e. The van der Waals surface area contributed by atoms with Gasteiger partial charge in [0.1, 0.15) is 4.83 Å². The number of rotatable bonds is 6. The Morgan fingerprint density at radius 2 is 1.90 bits per heavy atom. The van der Waals surface area contributed by atoms with Crippen molar-refractivity contribution in [3.8, 4) is 5.69 Å². The molecule has 0 spiro atoms. The Kier molecular flexibility index (Phi) is 6.67. The van der Waals surface area contributed by atoms with E-state index in [4.69, 9.17) is 28.2 Å². The second-order valence-electron chi connectivity index (χ2n) is 6.62. The van der Waals surface area contributed by atoms with Crippen molar-refractivity contribution in [2.45, 2.75) is 18.5 Å². The molecular formula is C22H17Cl2N3O2S2. The van der Waals surface area contributed by atoms with Crippen LogP contribution in [0.2, 0.25) is 10.0 Å². The number of hydrogen-bond acceptors (Lipinski definition) is 5. The lowest BCUT2D eigenvalue weighted by molar-refractivity contribution is -0.113. The van der Waals surface area contributed by atoms with Gasteiger partial charge in [0.25, 0.3) is 5.56 Å². The minimum Gasteiger partial charge on any atom is -0.325 e. The van der Waals surface area contributed by atoms with Gasteiger partial charge in [-0.1, -0.05) is 60.1 Å². The number of thiophene rings is 1. The molecule has 2 aromatic carbocycles. The van der Waals surface area contributed by atoms with Crippen molar-refractivity contribution in [2.75, 3.05) is 11.1 Å². The fourth-order valence-electron chi connectivity index (χ4n) is 2.99. The van der Waals surface area contributed by atoms with Crippen LogP contribution in [0.5, 0.6) is 0 Å². The molecule has 0 aliphatic rings. The first kappa shape index (κ1) is 21.9. The van der Waals surface area contributed by atoms with Crippen LogP contribution in [0.4, 0.5) is 5.69 Å². The number of halogens is 2. The van der Waals surface area contributed by atoms with Crippen molar-refractivity contribution in [2.24, 2.45) is 0 Å². The zero-order valence-corrected chi connectivity index (χ0v) is 19.5. The smallest absolute Gasteiger partial charge is 0.267 e. The number of fused-ring (bicyclic) bond motifs is 1. The highest BCUT2D eigenvalue weighted by molar-refractivity contribution is 7.99. The average molecular weight is 490 g/mol. The summed E-state index contributed by atoms with van der Waals surface area (Å²) in [5, 5.41) is 4.63. The van der Waals surface area contributed by atoms with Crippen LogP contribution < -0.4 is 10.9 Å². The third-order valence-electron chi connectivity index (χ3n) is 4.48. The predicted octanol–water partition coefficient (Wildman–Crippen LogP) is 6.05. The number of thioether (sulfide) groups is 1. The first-order valence-corrected chi connectivity index (χ1v) is 12.0. The van der Waals surface area contributed by atoms with Gasteiger partial charge in [0, 0.05) is 10.6 Å². The van der Waals surface area contributed by atoms with E-state index in [1.807, 2.05) is 43.3 Å². The summed E-state index contributed by atoms with van der Waals surface area (Å²) in [5.74, 6) is -0.158. The molecule has 5 nitrogen and oxygen atoms in total. The van der Waals surface area contributed by atoms with Gasteiger partial charge in [-0.05, 0) is 42.8 Å². The number of amides is 1. The number of benzene rings is 2. The molecule has 0 aliphatic heterocycles. The first-order valence-electron chi connectivity index (χ1n) is 9.45. The van der Waals surface area contributed by atoms with Gasteiger partial charge in [0.15, 0.2) is 5.16 Å². The molecule has 31 heavy (non-hydrogen) atoms. The van der Waals surface area contributed by atoms with Crippen molar-refractivity contribution in [1.82, 2.24) is 9.55 Å².